The van der Waals surface area contributed by atoms with Crippen LogP contribution in [0.15, 0.2) is 59.5 Å². The number of ether oxygens (including phenoxy) is 1. The van der Waals surface area contributed by atoms with Crippen molar-refractivity contribution in [3.8, 4) is 5.69 Å². The molecule has 1 aromatic heterocycles. The van der Waals surface area contributed by atoms with Crippen molar-refractivity contribution < 1.29 is 22.3 Å². The predicted octanol–water partition coefficient (Wildman–Crippen LogP) is 1.71. The molecule has 0 fully saturated rings. The van der Waals surface area contributed by atoms with Crippen molar-refractivity contribution in [1.82, 2.24) is 20.2 Å². The number of hydrogen-bond donors (Lipinski definition) is 0. The molecule has 0 aliphatic rings. The molecule has 0 saturated heterocycles. The van der Waals surface area contributed by atoms with Crippen molar-refractivity contribution in [3.05, 3.63) is 66.2 Å². The van der Waals surface area contributed by atoms with E-state index >= 15 is 0 Å². The summed E-state index contributed by atoms with van der Waals surface area (Å²) in [5.74, 6) is -1.38. The van der Waals surface area contributed by atoms with Gasteiger partial charge in [-0.05, 0) is 46.8 Å². The molecule has 0 unspecified atom stereocenters. The van der Waals surface area contributed by atoms with Gasteiger partial charge in [0, 0.05) is 0 Å². The van der Waals surface area contributed by atoms with Crippen LogP contribution in [0.25, 0.3) is 5.69 Å². The Labute approximate surface area is 154 Å². The first-order valence-electron chi connectivity index (χ1n) is 7.92. The van der Waals surface area contributed by atoms with E-state index in [9.17, 15) is 17.6 Å². The Morgan fingerprint density at radius 3 is 2.48 bits per heavy atom. The molecule has 140 valence electrons. The fourth-order valence-corrected chi connectivity index (χ4v) is 3.48. The van der Waals surface area contributed by atoms with Crippen molar-refractivity contribution >= 4 is 15.8 Å². The van der Waals surface area contributed by atoms with Crippen LogP contribution in [0.1, 0.15) is 12.2 Å². The Kier molecular flexibility index (Phi) is 5.55. The topological polar surface area (TPSA) is 104 Å². The fourth-order valence-electron chi connectivity index (χ4n) is 2.26. The van der Waals surface area contributed by atoms with Crippen LogP contribution in [0.4, 0.5) is 4.39 Å². The minimum Gasteiger partial charge on any atom is -0.457 e. The molecular weight excluding hydrogens is 375 g/mol. The van der Waals surface area contributed by atoms with Gasteiger partial charge in [-0.3, -0.25) is 4.79 Å². The lowest BCUT2D eigenvalue weighted by atomic mass is 10.3. The van der Waals surface area contributed by atoms with Crippen molar-refractivity contribution in [2.24, 2.45) is 0 Å². The SMILES string of the molecule is O=C(CCS(=O)(=O)c1ccc(F)cc1)OCc1nnnn1-c1ccccc1. The molecule has 0 radical (unpaired) electrons. The number of benzene rings is 2. The zero-order chi connectivity index (χ0) is 19.3. The standard InChI is InChI=1S/C17H15FN4O4S/c18-13-6-8-15(9-7-13)27(24,25)11-10-17(23)26-12-16-19-20-21-22(16)14-4-2-1-3-5-14/h1-9H,10-12H2. The van der Waals surface area contributed by atoms with Crippen molar-refractivity contribution in [1.29, 1.82) is 0 Å². The predicted molar refractivity (Wildman–Crippen MR) is 92.0 cm³/mol. The largest absolute Gasteiger partial charge is 0.457 e. The highest BCUT2D eigenvalue weighted by Gasteiger charge is 2.18. The van der Waals surface area contributed by atoms with E-state index in [0.717, 1.165) is 24.3 Å². The number of tetrazole rings is 1. The second kappa shape index (κ2) is 8.04. The Balaban J connectivity index is 1.57. The quantitative estimate of drug-likeness (QED) is 0.447. The second-order valence-corrected chi connectivity index (χ2v) is 7.64. The Morgan fingerprint density at radius 1 is 1.07 bits per heavy atom. The van der Waals surface area contributed by atoms with Gasteiger partial charge in [0.2, 0.25) is 0 Å². The van der Waals surface area contributed by atoms with Crippen LogP contribution in [0.2, 0.25) is 0 Å². The summed E-state index contributed by atoms with van der Waals surface area (Å²) < 4.78 is 43.7. The molecule has 0 bridgehead atoms. The summed E-state index contributed by atoms with van der Waals surface area (Å²) >= 11 is 0. The number of para-hydroxylation sites is 1. The highest BCUT2D eigenvalue weighted by molar-refractivity contribution is 7.91. The molecule has 1 heterocycles. The molecular formula is C17H15FN4O4S. The Hall–Kier alpha value is -3.14. The van der Waals surface area contributed by atoms with E-state index in [1.807, 2.05) is 18.2 Å². The Bertz CT molecular complexity index is 1020. The minimum atomic E-state index is -3.71. The molecule has 0 atom stereocenters. The molecule has 0 aliphatic carbocycles. The molecule has 8 nitrogen and oxygen atoms in total. The van der Waals surface area contributed by atoms with Crippen LogP contribution in [-0.2, 0) is 26.0 Å². The number of hydrogen-bond acceptors (Lipinski definition) is 7. The monoisotopic (exact) mass is 390 g/mol. The lowest BCUT2D eigenvalue weighted by molar-refractivity contribution is -0.144. The number of nitrogens with zero attached hydrogens (tertiary/aromatic N) is 4. The molecule has 2 aromatic carbocycles. The van der Waals surface area contributed by atoms with Gasteiger partial charge < -0.3 is 4.74 Å². The number of carbonyl (C=O) groups is 1. The van der Waals surface area contributed by atoms with Crippen LogP contribution >= 0.6 is 0 Å². The van der Waals surface area contributed by atoms with E-state index in [-0.39, 0.29) is 17.9 Å². The first-order valence-corrected chi connectivity index (χ1v) is 9.57. The van der Waals surface area contributed by atoms with Crippen LogP contribution < -0.4 is 0 Å². The molecule has 0 spiro atoms. The maximum atomic E-state index is 12.9. The summed E-state index contributed by atoms with van der Waals surface area (Å²) in [6.07, 6.45) is -0.341. The number of esters is 1. The molecule has 0 saturated carbocycles. The average Bonchev–Trinajstić information content (AvgIpc) is 3.14. The second-order valence-electron chi connectivity index (χ2n) is 5.53. The molecule has 10 heteroatoms. The third kappa shape index (κ3) is 4.73. The number of halogens is 1. The molecule has 27 heavy (non-hydrogen) atoms. The van der Waals surface area contributed by atoms with Crippen LogP contribution in [0.3, 0.4) is 0 Å². The number of carbonyl (C=O) groups excluding carboxylic acids is 1. The minimum absolute atomic E-state index is 0.0512. The molecule has 0 aliphatic heterocycles. The fraction of sp³-hybridized carbons (Fsp3) is 0.176. The van der Waals surface area contributed by atoms with Crippen molar-refractivity contribution in [3.63, 3.8) is 0 Å². The Morgan fingerprint density at radius 2 is 1.78 bits per heavy atom. The van der Waals surface area contributed by atoms with Gasteiger partial charge in [0.15, 0.2) is 22.3 Å². The number of aromatic nitrogens is 4. The summed E-state index contributed by atoms with van der Waals surface area (Å²) in [6.45, 7) is -0.197. The summed E-state index contributed by atoms with van der Waals surface area (Å²) in [7, 11) is -3.71. The van der Waals surface area contributed by atoms with Gasteiger partial charge in [0.1, 0.15) is 5.82 Å². The zero-order valence-electron chi connectivity index (χ0n) is 14.0. The van der Waals surface area contributed by atoms with E-state index in [1.165, 1.54) is 4.68 Å². The van der Waals surface area contributed by atoms with Crippen LogP contribution in [-0.4, -0.2) is 40.3 Å². The van der Waals surface area contributed by atoms with Gasteiger partial charge in [-0.1, -0.05) is 18.2 Å². The molecule has 0 amide bonds. The van der Waals surface area contributed by atoms with Gasteiger partial charge >= 0.3 is 5.97 Å². The van der Waals surface area contributed by atoms with Crippen molar-refractivity contribution in [2.75, 3.05) is 5.75 Å². The summed E-state index contributed by atoms with van der Waals surface area (Å²) in [4.78, 5) is 11.8. The average molecular weight is 390 g/mol. The van der Waals surface area contributed by atoms with Gasteiger partial charge in [0.05, 0.1) is 22.8 Å². The van der Waals surface area contributed by atoms with Crippen molar-refractivity contribution in [2.45, 2.75) is 17.9 Å². The van der Waals surface area contributed by atoms with Gasteiger partial charge in [-0.2, -0.15) is 4.68 Å². The van der Waals surface area contributed by atoms with E-state index in [4.69, 9.17) is 4.74 Å². The van der Waals surface area contributed by atoms with E-state index < -0.39 is 27.4 Å². The summed E-state index contributed by atoms with van der Waals surface area (Å²) in [5, 5.41) is 11.2. The first-order chi connectivity index (χ1) is 13.0. The third-order valence-corrected chi connectivity index (χ3v) is 5.38. The van der Waals surface area contributed by atoms with Gasteiger partial charge in [-0.25, -0.2) is 12.8 Å². The maximum Gasteiger partial charge on any atom is 0.307 e. The van der Waals surface area contributed by atoms with Gasteiger partial charge in [-0.15, -0.1) is 5.10 Å². The number of rotatable bonds is 7. The smallest absolute Gasteiger partial charge is 0.307 e. The highest BCUT2D eigenvalue weighted by atomic mass is 32.2. The molecule has 3 aromatic rings. The molecule has 0 N–H and O–H groups in total. The summed E-state index contributed by atoms with van der Waals surface area (Å²) in [6, 6.07) is 13.5. The van der Waals surface area contributed by atoms with Crippen LogP contribution in [0, 0.1) is 5.82 Å². The van der Waals surface area contributed by atoms with Gasteiger partial charge in [0.25, 0.3) is 0 Å². The third-order valence-electron chi connectivity index (χ3n) is 3.64. The molecule has 3 rings (SSSR count). The zero-order valence-corrected chi connectivity index (χ0v) is 14.8. The van der Waals surface area contributed by atoms with E-state index in [0.29, 0.717) is 11.5 Å². The van der Waals surface area contributed by atoms with E-state index in [2.05, 4.69) is 15.5 Å². The summed E-state index contributed by atoms with van der Waals surface area (Å²) in [5.41, 5.74) is 0.701. The lowest BCUT2D eigenvalue weighted by Crippen LogP contribution is -2.15. The first kappa shape index (κ1) is 18.6. The van der Waals surface area contributed by atoms with Crippen LogP contribution in [0.5, 0.6) is 0 Å². The maximum absolute atomic E-state index is 12.9. The van der Waals surface area contributed by atoms with E-state index in [1.54, 1.807) is 12.1 Å². The highest BCUT2D eigenvalue weighted by Crippen LogP contribution is 2.13. The number of sulfone groups is 1. The normalized spacial score (nSPS) is 11.3. The lowest BCUT2D eigenvalue weighted by Gasteiger charge is -2.07.